The van der Waals surface area contributed by atoms with Gasteiger partial charge in [0.05, 0.1) is 0 Å². The molecule has 1 aliphatic carbocycles. The van der Waals surface area contributed by atoms with Gasteiger partial charge in [-0.2, -0.15) is 0 Å². The second-order valence-corrected chi connectivity index (χ2v) is 6.19. The highest BCUT2D eigenvalue weighted by Gasteiger charge is 2.45. The number of carboxylic acid groups (broad SMARTS) is 2. The molecule has 3 unspecified atom stereocenters. The summed E-state index contributed by atoms with van der Waals surface area (Å²) in [7, 11) is 0. The van der Waals surface area contributed by atoms with Crippen LogP contribution in [0, 0.1) is 23.2 Å². The molecule has 5 heteroatoms. The summed E-state index contributed by atoms with van der Waals surface area (Å²) in [5.74, 6) is -2.01. The summed E-state index contributed by atoms with van der Waals surface area (Å²) in [4.78, 5) is 34.1. The van der Waals surface area contributed by atoms with Gasteiger partial charge in [-0.1, -0.05) is 20.3 Å². The number of carboxylic acids is 2. The second-order valence-electron chi connectivity index (χ2n) is 6.19. The van der Waals surface area contributed by atoms with E-state index < -0.39 is 17.4 Å². The molecule has 0 saturated heterocycles. The van der Waals surface area contributed by atoms with Crippen LogP contribution in [-0.2, 0) is 14.4 Å². The maximum atomic E-state index is 11.7. The highest BCUT2D eigenvalue weighted by Crippen LogP contribution is 2.42. The highest BCUT2D eigenvalue weighted by molar-refractivity contribution is 5.97. The number of hydrogen-bond acceptors (Lipinski definition) is 3. The van der Waals surface area contributed by atoms with Gasteiger partial charge in [-0.3, -0.25) is 14.4 Å². The lowest BCUT2D eigenvalue weighted by molar-refractivity contribution is -0.164. The van der Waals surface area contributed by atoms with Gasteiger partial charge >= 0.3 is 11.9 Å². The zero-order valence-electron chi connectivity index (χ0n) is 12.4. The summed E-state index contributed by atoms with van der Waals surface area (Å²) in [6.07, 6.45) is 3.10. The Morgan fingerprint density at radius 1 is 1.20 bits per heavy atom. The van der Waals surface area contributed by atoms with E-state index in [1.54, 1.807) is 0 Å². The molecular weight excluding hydrogens is 260 g/mol. The Morgan fingerprint density at radius 3 is 2.20 bits per heavy atom. The van der Waals surface area contributed by atoms with Crippen LogP contribution in [0.4, 0.5) is 0 Å². The van der Waals surface area contributed by atoms with E-state index in [-0.39, 0.29) is 30.0 Å². The molecule has 3 atom stereocenters. The lowest BCUT2D eigenvalue weighted by atomic mass is 9.79. The number of hydrogen-bond donors (Lipinski definition) is 2. The molecule has 0 aromatic rings. The van der Waals surface area contributed by atoms with Crippen molar-refractivity contribution in [3.63, 3.8) is 0 Å². The SMILES string of the molecule is CCC(=O)C(C)C1CCC(CC(C)(C(=O)O)C(=O)O)C1. The minimum atomic E-state index is -1.72. The standard InChI is InChI=1S/C15H24O5/c1-4-12(16)9(2)11-6-5-10(7-11)8-15(3,13(17)18)14(19)20/h9-11H,4-8H2,1-3H3,(H,17,18)(H,19,20). The number of rotatable bonds is 7. The zero-order chi connectivity index (χ0) is 15.5. The molecule has 0 aromatic heterocycles. The Morgan fingerprint density at radius 2 is 1.75 bits per heavy atom. The summed E-state index contributed by atoms with van der Waals surface area (Å²) >= 11 is 0. The molecule has 0 heterocycles. The zero-order valence-corrected chi connectivity index (χ0v) is 12.4. The van der Waals surface area contributed by atoms with Gasteiger partial charge in [0.1, 0.15) is 5.78 Å². The Kier molecular flexibility index (Phi) is 5.31. The largest absolute Gasteiger partial charge is 0.480 e. The number of carbonyl (C=O) groups is 3. The van der Waals surface area contributed by atoms with Crippen LogP contribution in [0.3, 0.4) is 0 Å². The van der Waals surface area contributed by atoms with Crippen LogP contribution in [-0.4, -0.2) is 27.9 Å². The van der Waals surface area contributed by atoms with E-state index in [2.05, 4.69) is 0 Å². The third-order valence-corrected chi connectivity index (χ3v) is 4.79. The third-order valence-electron chi connectivity index (χ3n) is 4.79. The summed E-state index contributed by atoms with van der Waals surface area (Å²) < 4.78 is 0. The van der Waals surface area contributed by atoms with Gasteiger partial charge in [-0.05, 0) is 38.0 Å². The van der Waals surface area contributed by atoms with Crippen LogP contribution >= 0.6 is 0 Å². The predicted molar refractivity (Wildman–Crippen MR) is 73.3 cm³/mol. The van der Waals surface area contributed by atoms with Crippen LogP contribution in [0.25, 0.3) is 0 Å². The Balaban J connectivity index is 2.67. The molecule has 1 fully saturated rings. The van der Waals surface area contributed by atoms with E-state index in [9.17, 15) is 14.4 Å². The number of carbonyl (C=O) groups excluding carboxylic acids is 1. The fourth-order valence-corrected chi connectivity index (χ4v) is 3.18. The summed E-state index contributed by atoms with van der Waals surface area (Å²) in [6, 6.07) is 0. The van der Waals surface area contributed by atoms with Gasteiger partial charge in [-0.15, -0.1) is 0 Å². The molecule has 1 rings (SSSR count). The first-order valence-corrected chi connectivity index (χ1v) is 7.21. The fourth-order valence-electron chi connectivity index (χ4n) is 3.18. The van der Waals surface area contributed by atoms with Gasteiger partial charge in [0.25, 0.3) is 0 Å². The van der Waals surface area contributed by atoms with E-state index in [0.29, 0.717) is 6.42 Å². The molecule has 1 aliphatic rings. The van der Waals surface area contributed by atoms with Crippen molar-refractivity contribution in [2.45, 2.75) is 52.9 Å². The van der Waals surface area contributed by atoms with E-state index in [1.165, 1.54) is 6.92 Å². The minimum Gasteiger partial charge on any atom is -0.480 e. The first kappa shape index (κ1) is 16.7. The Hall–Kier alpha value is -1.39. The number of ketones is 1. The second kappa shape index (κ2) is 6.37. The van der Waals surface area contributed by atoms with Crippen molar-refractivity contribution < 1.29 is 24.6 Å². The Bertz CT molecular complexity index is 387. The van der Waals surface area contributed by atoms with Crippen molar-refractivity contribution in [1.29, 1.82) is 0 Å². The number of aliphatic carboxylic acids is 2. The van der Waals surface area contributed by atoms with Crippen molar-refractivity contribution >= 4 is 17.7 Å². The van der Waals surface area contributed by atoms with Crippen LogP contribution < -0.4 is 0 Å². The molecule has 0 aromatic carbocycles. The van der Waals surface area contributed by atoms with Gasteiger partial charge < -0.3 is 10.2 Å². The first-order chi connectivity index (χ1) is 9.22. The van der Waals surface area contributed by atoms with Crippen molar-refractivity contribution in [3.05, 3.63) is 0 Å². The van der Waals surface area contributed by atoms with Crippen molar-refractivity contribution in [2.75, 3.05) is 0 Å². The predicted octanol–water partition coefficient (Wildman–Crippen LogP) is 2.58. The van der Waals surface area contributed by atoms with E-state index >= 15 is 0 Å². The van der Waals surface area contributed by atoms with Crippen LogP contribution in [0.1, 0.15) is 52.9 Å². The van der Waals surface area contributed by atoms with Gasteiger partial charge in [0.2, 0.25) is 0 Å². The normalized spacial score (nSPS) is 24.4. The molecule has 2 N–H and O–H groups in total. The average molecular weight is 284 g/mol. The summed E-state index contributed by atoms with van der Waals surface area (Å²) in [6.45, 7) is 5.04. The van der Waals surface area contributed by atoms with E-state index in [0.717, 1.165) is 19.3 Å². The van der Waals surface area contributed by atoms with Gasteiger partial charge in [0.15, 0.2) is 5.41 Å². The minimum absolute atomic E-state index is 0.00841. The molecule has 0 bridgehead atoms. The smallest absolute Gasteiger partial charge is 0.320 e. The lowest BCUT2D eigenvalue weighted by Gasteiger charge is -2.24. The van der Waals surface area contributed by atoms with E-state index in [1.807, 2.05) is 13.8 Å². The lowest BCUT2D eigenvalue weighted by Crippen LogP contribution is -2.38. The quantitative estimate of drug-likeness (QED) is 0.701. The van der Waals surface area contributed by atoms with Gasteiger partial charge in [-0.25, -0.2) is 0 Å². The van der Waals surface area contributed by atoms with Crippen LogP contribution in [0.2, 0.25) is 0 Å². The van der Waals surface area contributed by atoms with Crippen molar-refractivity contribution in [2.24, 2.45) is 23.2 Å². The van der Waals surface area contributed by atoms with Crippen LogP contribution in [0.15, 0.2) is 0 Å². The van der Waals surface area contributed by atoms with Gasteiger partial charge in [0, 0.05) is 12.3 Å². The fraction of sp³-hybridized carbons (Fsp3) is 0.800. The summed E-state index contributed by atoms with van der Waals surface area (Å²) in [5, 5.41) is 18.3. The van der Waals surface area contributed by atoms with Crippen molar-refractivity contribution in [3.8, 4) is 0 Å². The molecule has 114 valence electrons. The maximum Gasteiger partial charge on any atom is 0.320 e. The molecule has 1 saturated carbocycles. The van der Waals surface area contributed by atoms with Crippen LogP contribution in [0.5, 0.6) is 0 Å². The third kappa shape index (κ3) is 3.38. The molecule has 0 amide bonds. The van der Waals surface area contributed by atoms with E-state index in [4.69, 9.17) is 10.2 Å². The van der Waals surface area contributed by atoms with Crippen molar-refractivity contribution in [1.82, 2.24) is 0 Å². The summed E-state index contributed by atoms with van der Waals surface area (Å²) in [5.41, 5.74) is -1.72. The molecule has 5 nitrogen and oxygen atoms in total. The average Bonchev–Trinajstić information content (AvgIpc) is 2.84. The molecular formula is C15H24O5. The highest BCUT2D eigenvalue weighted by atomic mass is 16.4. The topological polar surface area (TPSA) is 91.7 Å². The monoisotopic (exact) mass is 284 g/mol. The number of Topliss-reactive ketones (excluding diaryl/α,β-unsaturated/α-hetero) is 1. The maximum absolute atomic E-state index is 11.7. The Labute approximate surface area is 119 Å². The molecule has 0 radical (unpaired) electrons. The molecule has 0 aliphatic heterocycles. The molecule has 20 heavy (non-hydrogen) atoms. The molecule has 0 spiro atoms. The first-order valence-electron chi connectivity index (χ1n) is 7.21.